The maximum atomic E-state index is 12.4. The van der Waals surface area contributed by atoms with Crippen molar-refractivity contribution in [2.45, 2.75) is 23.8 Å². The SMILES string of the molecule is Cl.O=C(CC1COCCN1)N1CCC(CSc2ccccc2)C1. The zero-order valence-electron chi connectivity index (χ0n) is 13.3. The fraction of sp³-hybridized carbons (Fsp3) is 0.588. The highest BCUT2D eigenvalue weighted by Crippen LogP contribution is 2.26. The van der Waals surface area contributed by atoms with Gasteiger partial charge in [0, 0.05) is 42.7 Å². The highest BCUT2D eigenvalue weighted by molar-refractivity contribution is 7.99. The normalized spacial score (nSPS) is 24.3. The van der Waals surface area contributed by atoms with E-state index in [1.54, 1.807) is 0 Å². The number of halogens is 1. The summed E-state index contributed by atoms with van der Waals surface area (Å²) in [4.78, 5) is 15.7. The molecule has 2 aliphatic heterocycles. The van der Waals surface area contributed by atoms with Crippen molar-refractivity contribution in [3.63, 3.8) is 0 Å². The third-order valence-corrected chi connectivity index (χ3v) is 5.53. The molecule has 0 aromatic heterocycles. The Morgan fingerprint density at radius 1 is 1.35 bits per heavy atom. The highest BCUT2D eigenvalue weighted by Gasteiger charge is 2.28. The van der Waals surface area contributed by atoms with Gasteiger partial charge in [-0.05, 0) is 24.5 Å². The smallest absolute Gasteiger partial charge is 0.224 e. The number of amides is 1. The summed E-state index contributed by atoms with van der Waals surface area (Å²) in [5, 5.41) is 3.35. The fourth-order valence-corrected chi connectivity index (χ4v) is 4.07. The van der Waals surface area contributed by atoms with Crippen LogP contribution in [0.3, 0.4) is 0 Å². The predicted molar refractivity (Wildman–Crippen MR) is 96.3 cm³/mol. The van der Waals surface area contributed by atoms with Crippen molar-refractivity contribution in [3.8, 4) is 0 Å². The summed E-state index contributed by atoms with van der Waals surface area (Å²) >= 11 is 1.90. The monoisotopic (exact) mass is 356 g/mol. The molecule has 0 bridgehead atoms. The number of carbonyl (C=O) groups excluding carboxylic acids is 1. The van der Waals surface area contributed by atoms with Crippen LogP contribution >= 0.6 is 24.2 Å². The maximum absolute atomic E-state index is 12.4. The Bertz CT molecular complexity index is 483. The maximum Gasteiger partial charge on any atom is 0.224 e. The molecule has 2 aliphatic rings. The Morgan fingerprint density at radius 2 is 2.17 bits per heavy atom. The molecule has 0 spiro atoms. The van der Waals surface area contributed by atoms with Gasteiger partial charge in [0.2, 0.25) is 5.91 Å². The van der Waals surface area contributed by atoms with Gasteiger partial charge in [-0.3, -0.25) is 4.79 Å². The van der Waals surface area contributed by atoms with Crippen LogP contribution in [0.2, 0.25) is 0 Å². The van der Waals surface area contributed by atoms with Crippen LogP contribution in [0.25, 0.3) is 0 Å². The molecule has 0 aliphatic carbocycles. The molecule has 3 rings (SSSR count). The van der Waals surface area contributed by atoms with E-state index in [-0.39, 0.29) is 24.4 Å². The van der Waals surface area contributed by atoms with E-state index in [0.717, 1.165) is 38.4 Å². The highest BCUT2D eigenvalue weighted by atomic mass is 35.5. The van der Waals surface area contributed by atoms with Crippen LogP contribution in [0.5, 0.6) is 0 Å². The average Bonchev–Trinajstić information content (AvgIpc) is 3.04. The van der Waals surface area contributed by atoms with Crippen LogP contribution in [-0.2, 0) is 9.53 Å². The van der Waals surface area contributed by atoms with E-state index in [1.807, 2.05) is 22.7 Å². The molecule has 1 N–H and O–H groups in total. The molecular formula is C17H25ClN2O2S. The minimum Gasteiger partial charge on any atom is -0.378 e. The van der Waals surface area contributed by atoms with Crippen molar-refractivity contribution in [2.75, 3.05) is 38.6 Å². The summed E-state index contributed by atoms with van der Waals surface area (Å²) in [5.74, 6) is 1.98. The van der Waals surface area contributed by atoms with Crippen molar-refractivity contribution in [1.29, 1.82) is 0 Å². The summed E-state index contributed by atoms with van der Waals surface area (Å²) in [6.07, 6.45) is 1.69. The fourth-order valence-electron chi connectivity index (χ4n) is 3.02. The quantitative estimate of drug-likeness (QED) is 0.823. The number of carbonyl (C=O) groups is 1. The molecule has 23 heavy (non-hydrogen) atoms. The van der Waals surface area contributed by atoms with Crippen molar-refractivity contribution in [2.24, 2.45) is 5.92 Å². The second-order valence-electron chi connectivity index (χ2n) is 6.05. The first kappa shape index (κ1) is 18.6. The van der Waals surface area contributed by atoms with Gasteiger partial charge in [-0.1, -0.05) is 18.2 Å². The minimum absolute atomic E-state index is 0. The van der Waals surface area contributed by atoms with Gasteiger partial charge in [-0.15, -0.1) is 24.2 Å². The zero-order chi connectivity index (χ0) is 15.2. The molecule has 128 valence electrons. The van der Waals surface area contributed by atoms with Gasteiger partial charge in [-0.2, -0.15) is 0 Å². The summed E-state index contributed by atoms with van der Waals surface area (Å²) < 4.78 is 5.42. The molecule has 2 heterocycles. The van der Waals surface area contributed by atoms with Gasteiger partial charge >= 0.3 is 0 Å². The number of benzene rings is 1. The number of hydrogen-bond acceptors (Lipinski definition) is 4. The van der Waals surface area contributed by atoms with Crippen molar-refractivity contribution < 1.29 is 9.53 Å². The van der Waals surface area contributed by atoms with Crippen LogP contribution in [0.4, 0.5) is 0 Å². The molecule has 1 amide bonds. The van der Waals surface area contributed by atoms with Crippen molar-refractivity contribution >= 4 is 30.1 Å². The summed E-state index contributed by atoms with van der Waals surface area (Å²) in [6.45, 7) is 4.09. The molecule has 2 fully saturated rings. The van der Waals surface area contributed by atoms with Crippen LogP contribution < -0.4 is 5.32 Å². The molecule has 1 aromatic carbocycles. The van der Waals surface area contributed by atoms with Gasteiger partial charge in [0.05, 0.1) is 13.2 Å². The molecule has 0 saturated carbocycles. The molecular weight excluding hydrogens is 332 g/mol. The largest absolute Gasteiger partial charge is 0.378 e. The Balaban J connectivity index is 0.00000192. The number of nitrogens with one attached hydrogen (secondary N) is 1. The number of likely N-dealkylation sites (tertiary alicyclic amines) is 1. The van der Waals surface area contributed by atoms with Crippen LogP contribution in [0.15, 0.2) is 35.2 Å². The first-order chi connectivity index (χ1) is 10.8. The van der Waals surface area contributed by atoms with Crippen LogP contribution in [0, 0.1) is 5.92 Å². The number of morpholine rings is 1. The molecule has 0 radical (unpaired) electrons. The second kappa shape index (κ2) is 9.52. The molecule has 2 unspecified atom stereocenters. The minimum atomic E-state index is 0. The van der Waals surface area contributed by atoms with Gasteiger partial charge in [0.15, 0.2) is 0 Å². The molecule has 4 nitrogen and oxygen atoms in total. The Morgan fingerprint density at radius 3 is 2.91 bits per heavy atom. The first-order valence-electron chi connectivity index (χ1n) is 8.08. The lowest BCUT2D eigenvalue weighted by Crippen LogP contribution is -2.44. The van der Waals surface area contributed by atoms with Gasteiger partial charge < -0.3 is 15.0 Å². The van der Waals surface area contributed by atoms with E-state index in [0.29, 0.717) is 18.9 Å². The first-order valence-corrected chi connectivity index (χ1v) is 9.06. The second-order valence-corrected chi connectivity index (χ2v) is 7.14. The third kappa shape index (κ3) is 5.68. The Hall–Kier alpha value is -0.750. The number of nitrogens with zero attached hydrogens (tertiary/aromatic N) is 1. The topological polar surface area (TPSA) is 41.6 Å². The summed E-state index contributed by atoms with van der Waals surface area (Å²) in [6, 6.07) is 10.7. The van der Waals surface area contributed by atoms with Gasteiger partial charge in [-0.25, -0.2) is 0 Å². The summed E-state index contributed by atoms with van der Waals surface area (Å²) in [5.41, 5.74) is 0. The lowest BCUT2D eigenvalue weighted by atomic mass is 10.1. The average molecular weight is 357 g/mol. The molecule has 6 heteroatoms. The molecule has 1 aromatic rings. The number of rotatable bonds is 5. The Kier molecular flexibility index (Phi) is 7.70. The Labute approximate surface area is 148 Å². The van der Waals surface area contributed by atoms with E-state index < -0.39 is 0 Å². The molecule has 2 atom stereocenters. The van der Waals surface area contributed by atoms with E-state index in [9.17, 15) is 4.79 Å². The number of thioether (sulfide) groups is 1. The number of ether oxygens (including phenoxy) is 1. The summed E-state index contributed by atoms with van der Waals surface area (Å²) in [7, 11) is 0. The van der Waals surface area contributed by atoms with Crippen LogP contribution in [0.1, 0.15) is 12.8 Å². The van der Waals surface area contributed by atoms with Gasteiger partial charge in [0.25, 0.3) is 0 Å². The van der Waals surface area contributed by atoms with E-state index in [1.165, 1.54) is 4.90 Å². The zero-order valence-corrected chi connectivity index (χ0v) is 14.9. The molecule has 2 saturated heterocycles. The lowest BCUT2D eigenvalue weighted by molar-refractivity contribution is -0.131. The van der Waals surface area contributed by atoms with Crippen LogP contribution in [-0.4, -0.2) is 55.4 Å². The lowest BCUT2D eigenvalue weighted by Gasteiger charge is -2.25. The van der Waals surface area contributed by atoms with E-state index in [4.69, 9.17) is 4.74 Å². The van der Waals surface area contributed by atoms with E-state index >= 15 is 0 Å². The van der Waals surface area contributed by atoms with Crippen molar-refractivity contribution in [1.82, 2.24) is 10.2 Å². The van der Waals surface area contributed by atoms with E-state index in [2.05, 4.69) is 29.6 Å². The van der Waals surface area contributed by atoms with Gasteiger partial charge in [0.1, 0.15) is 0 Å². The number of hydrogen-bond donors (Lipinski definition) is 1. The van der Waals surface area contributed by atoms with Crippen molar-refractivity contribution in [3.05, 3.63) is 30.3 Å². The predicted octanol–water partition coefficient (Wildman–Crippen LogP) is 2.43. The standard InChI is InChI=1S/C17H24N2O2S.ClH/c20-17(10-15-12-21-9-7-18-15)19-8-6-14(11-19)13-22-16-4-2-1-3-5-16;/h1-5,14-15,18H,6-13H2;1H. The third-order valence-electron chi connectivity index (χ3n) is 4.29.